The molecule has 0 bridgehead atoms. The number of H-pyrrole nitrogens is 2. The summed E-state index contributed by atoms with van der Waals surface area (Å²) in [5.74, 6) is -0.177. The second kappa shape index (κ2) is 6.02. The van der Waals surface area contributed by atoms with E-state index in [0.29, 0.717) is 0 Å². The minimum absolute atomic E-state index is 0.177. The van der Waals surface area contributed by atoms with Crippen LogP contribution in [0.2, 0.25) is 0 Å². The van der Waals surface area contributed by atoms with Crippen LogP contribution >= 0.6 is 15.6 Å². The van der Waals surface area contributed by atoms with Gasteiger partial charge in [0.2, 0.25) is 5.95 Å². The van der Waals surface area contributed by atoms with Crippen molar-refractivity contribution < 1.29 is 33.0 Å². The van der Waals surface area contributed by atoms with Gasteiger partial charge in [0.1, 0.15) is 0 Å². The third-order valence-electron chi connectivity index (χ3n) is 0.897. The van der Waals surface area contributed by atoms with Gasteiger partial charge in [-0.2, -0.15) is 9.29 Å². The van der Waals surface area contributed by atoms with Crippen molar-refractivity contribution in [2.24, 2.45) is 0 Å². The number of hydrogen-bond acceptors (Lipinski definition) is 7. The second-order valence-corrected chi connectivity index (χ2v) is 5.06. The third-order valence-corrected chi connectivity index (χ3v) is 2.60. The van der Waals surface area contributed by atoms with Crippen molar-refractivity contribution in [3.63, 3.8) is 0 Å². The van der Waals surface area contributed by atoms with Gasteiger partial charge < -0.3 is 25.3 Å². The van der Waals surface area contributed by atoms with Gasteiger partial charge in [-0.05, 0) is 0 Å². The molecule has 0 amide bonds. The Hall–Kier alpha value is -1.33. The number of nitrogens with one attached hydrogen (secondary N) is 2. The monoisotopic (exact) mass is 306 g/mol. The quantitative estimate of drug-likeness (QED) is 0.276. The molecule has 13 nitrogen and oxygen atoms in total. The van der Waals surface area contributed by atoms with E-state index in [4.69, 9.17) is 25.3 Å². The Labute approximate surface area is 97.1 Å². The minimum Gasteiger partial charge on any atom is -0.369 e. The molecule has 104 valence electrons. The first-order valence-electron chi connectivity index (χ1n) is 3.67. The number of phosphoric acid groups is 2. The van der Waals surface area contributed by atoms with Crippen molar-refractivity contribution in [3.05, 3.63) is 21.0 Å². The highest BCUT2D eigenvalue weighted by Crippen LogP contribution is 2.53. The molecule has 0 unspecified atom stereocenters. The molecule has 1 aromatic heterocycles. The molecule has 0 atom stereocenters. The molecule has 0 spiro atoms. The van der Waals surface area contributed by atoms with Gasteiger partial charge in [-0.25, -0.2) is 18.7 Å². The van der Waals surface area contributed by atoms with E-state index in [1.54, 1.807) is 0 Å². The number of anilines is 1. The lowest BCUT2D eigenvalue weighted by atomic mass is 10.9. The van der Waals surface area contributed by atoms with Crippen LogP contribution in [0.1, 0.15) is 0 Å². The summed E-state index contributed by atoms with van der Waals surface area (Å²) in [6.07, 6.45) is 0. The van der Waals surface area contributed by atoms with Gasteiger partial charge in [0.05, 0.1) is 0 Å². The van der Waals surface area contributed by atoms with Crippen molar-refractivity contribution >= 4 is 21.6 Å². The van der Waals surface area contributed by atoms with Crippen molar-refractivity contribution in [1.29, 1.82) is 0 Å². The molecule has 0 fully saturated rings. The lowest BCUT2D eigenvalue weighted by Crippen LogP contribution is -2.25. The van der Waals surface area contributed by atoms with Crippen LogP contribution in [0.25, 0.3) is 0 Å². The first kappa shape index (κ1) is 16.7. The molecule has 0 aromatic carbocycles. The van der Waals surface area contributed by atoms with Gasteiger partial charge >= 0.3 is 27.0 Å². The fourth-order valence-corrected chi connectivity index (χ4v) is 1.66. The highest BCUT2D eigenvalue weighted by Gasteiger charge is 2.27. The summed E-state index contributed by atoms with van der Waals surface area (Å²) in [5, 5.41) is 0. The lowest BCUT2D eigenvalue weighted by molar-refractivity contribution is 0.225. The summed E-state index contributed by atoms with van der Waals surface area (Å²) in [5.41, 5.74) is 3.59. The SMILES string of the molecule is Nc1nc(=O)[nH]c(=O)[nH]1.O=P(O)(O)OP(=O)(O)O. The van der Waals surface area contributed by atoms with Gasteiger partial charge in [-0.3, -0.25) is 9.97 Å². The Morgan fingerprint density at radius 3 is 1.72 bits per heavy atom. The van der Waals surface area contributed by atoms with E-state index < -0.39 is 27.0 Å². The number of rotatable bonds is 2. The van der Waals surface area contributed by atoms with Crippen LogP contribution in [0.3, 0.4) is 0 Å². The number of nitrogens with two attached hydrogens (primary N) is 1. The van der Waals surface area contributed by atoms with E-state index in [1.165, 1.54) is 0 Å². The van der Waals surface area contributed by atoms with Crippen LogP contribution in [0.5, 0.6) is 0 Å². The summed E-state index contributed by atoms with van der Waals surface area (Å²) in [4.78, 5) is 58.6. The first-order chi connectivity index (χ1) is 7.89. The summed E-state index contributed by atoms with van der Waals surface area (Å²) in [6.45, 7) is 0. The highest BCUT2D eigenvalue weighted by molar-refractivity contribution is 7.60. The van der Waals surface area contributed by atoms with E-state index in [2.05, 4.69) is 14.3 Å². The molecule has 18 heavy (non-hydrogen) atoms. The van der Waals surface area contributed by atoms with E-state index in [9.17, 15) is 18.7 Å². The molecule has 15 heteroatoms. The Morgan fingerprint density at radius 2 is 1.50 bits per heavy atom. The average molecular weight is 306 g/mol. The largest absolute Gasteiger partial charge is 0.478 e. The van der Waals surface area contributed by atoms with Crippen LogP contribution in [-0.2, 0) is 13.4 Å². The van der Waals surface area contributed by atoms with Crippen LogP contribution in [-0.4, -0.2) is 34.5 Å². The van der Waals surface area contributed by atoms with Crippen molar-refractivity contribution in [3.8, 4) is 0 Å². The molecule has 0 aliphatic heterocycles. The fourth-order valence-electron chi connectivity index (χ4n) is 0.549. The summed E-state index contributed by atoms with van der Waals surface area (Å²) < 4.78 is 22.2. The molecule has 0 saturated carbocycles. The molecular weight excluding hydrogens is 298 g/mol. The van der Waals surface area contributed by atoms with Gasteiger partial charge in [0, 0.05) is 0 Å². The topological polar surface area (TPSA) is 229 Å². The average Bonchev–Trinajstić information content (AvgIpc) is 1.92. The van der Waals surface area contributed by atoms with Gasteiger partial charge in [-0.15, -0.1) is 0 Å². The normalized spacial score (nSPS) is 11.6. The number of aromatic amines is 2. The number of nitrogens with zero attached hydrogens (tertiary/aromatic N) is 1. The van der Waals surface area contributed by atoms with Crippen LogP contribution in [0.4, 0.5) is 5.95 Å². The molecule has 1 rings (SSSR count). The summed E-state index contributed by atoms with van der Waals surface area (Å²) >= 11 is 0. The third kappa shape index (κ3) is 9.86. The number of nitrogen functional groups attached to an aromatic ring is 1. The molecule has 1 aromatic rings. The van der Waals surface area contributed by atoms with Crippen LogP contribution < -0.4 is 17.1 Å². The lowest BCUT2D eigenvalue weighted by Gasteiger charge is -2.03. The van der Waals surface area contributed by atoms with Crippen LogP contribution in [0.15, 0.2) is 9.59 Å². The van der Waals surface area contributed by atoms with Crippen molar-refractivity contribution in [1.82, 2.24) is 15.0 Å². The first-order valence-corrected chi connectivity index (χ1v) is 6.74. The zero-order valence-corrected chi connectivity index (χ0v) is 10.0. The maximum absolute atomic E-state index is 10.3. The van der Waals surface area contributed by atoms with Crippen molar-refractivity contribution in [2.75, 3.05) is 5.73 Å². The van der Waals surface area contributed by atoms with Gasteiger partial charge in [0.15, 0.2) is 0 Å². The molecule has 1 heterocycles. The highest BCUT2D eigenvalue weighted by atomic mass is 31.3. The maximum Gasteiger partial charge on any atom is 0.478 e. The van der Waals surface area contributed by atoms with Gasteiger partial charge in [-0.1, -0.05) is 0 Å². The Morgan fingerprint density at radius 1 is 1.06 bits per heavy atom. The van der Waals surface area contributed by atoms with Crippen LogP contribution in [0, 0.1) is 0 Å². The smallest absolute Gasteiger partial charge is 0.369 e. The summed E-state index contributed by atoms with van der Waals surface area (Å²) in [6, 6.07) is 0. The predicted octanol–water partition coefficient (Wildman–Crippen LogP) is -2.77. The predicted molar refractivity (Wildman–Crippen MR) is 55.1 cm³/mol. The van der Waals surface area contributed by atoms with E-state index in [-0.39, 0.29) is 5.95 Å². The zero-order chi connectivity index (χ0) is 14.6. The van der Waals surface area contributed by atoms with E-state index in [1.807, 2.05) is 4.98 Å². The standard InChI is InChI=1S/C3H4N4O2.H4O7P2/c4-1-5-2(8)7-3(9)6-1;1-8(2,3)7-9(4,5)6/h(H4,4,5,6,7,8,9);(H2,1,2,3)(H2,4,5,6). The molecule has 8 N–H and O–H groups in total. The molecule has 0 saturated heterocycles. The second-order valence-electron chi connectivity index (χ2n) is 2.44. The molecule has 0 aliphatic carbocycles. The Bertz CT molecular complexity index is 544. The molecular formula is C3H8N4O9P2. The van der Waals surface area contributed by atoms with E-state index >= 15 is 0 Å². The number of hydrogen-bond donors (Lipinski definition) is 7. The summed E-state index contributed by atoms with van der Waals surface area (Å²) in [7, 11) is -10.1. The molecule has 0 radical (unpaired) electrons. The van der Waals surface area contributed by atoms with Crippen molar-refractivity contribution in [2.45, 2.75) is 0 Å². The van der Waals surface area contributed by atoms with Gasteiger partial charge in [0.25, 0.3) is 0 Å². The maximum atomic E-state index is 10.3. The minimum atomic E-state index is -5.05. The van der Waals surface area contributed by atoms with E-state index in [0.717, 1.165) is 0 Å². The Kier molecular flexibility index (Phi) is 5.57. The zero-order valence-electron chi connectivity index (χ0n) is 8.25. The fraction of sp³-hybridized carbons (Fsp3) is 0. The Balaban J connectivity index is 0.000000321. The number of aromatic nitrogens is 3. The molecule has 0 aliphatic rings.